The summed E-state index contributed by atoms with van der Waals surface area (Å²) in [6.07, 6.45) is 0. The van der Waals surface area contributed by atoms with Crippen molar-refractivity contribution in [2.75, 3.05) is 6.54 Å². The number of ketones is 1. The zero-order chi connectivity index (χ0) is 13.0. The lowest BCUT2D eigenvalue weighted by Gasteiger charge is -2.20. The third-order valence-electron chi connectivity index (χ3n) is 2.82. The fourth-order valence-electron chi connectivity index (χ4n) is 1.83. The second-order valence-corrected chi connectivity index (χ2v) is 4.61. The van der Waals surface area contributed by atoms with Gasteiger partial charge in [-0.3, -0.25) is 4.79 Å². The maximum atomic E-state index is 13.1. The largest absolute Gasteiger partial charge is 0.307 e. The number of halogens is 1. The van der Waals surface area contributed by atoms with Crippen LogP contribution in [0.4, 0.5) is 4.39 Å². The molecule has 1 unspecified atom stereocenters. The van der Waals surface area contributed by atoms with E-state index in [1.807, 2.05) is 20.8 Å². The molecule has 0 spiro atoms. The van der Waals surface area contributed by atoms with Gasteiger partial charge in [0.15, 0.2) is 5.78 Å². The van der Waals surface area contributed by atoms with Crippen LogP contribution in [0, 0.1) is 18.7 Å². The smallest absolute Gasteiger partial charge is 0.179 e. The van der Waals surface area contributed by atoms with Gasteiger partial charge in [0, 0.05) is 5.56 Å². The molecule has 0 fully saturated rings. The highest BCUT2D eigenvalue weighted by Crippen LogP contribution is 2.14. The van der Waals surface area contributed by atoms with Crippen LogP contribution in [0.2, 0.25) is 0 Å². The maximum absolute atomic E-state index is 13.1. The van der Waals surface area contributed by atoms with Gasteiger partial charge in [0.25, 0.3) is 0 Å². The molecule has 0 radical (unpaired) electrons. The van der Waals surface area contributed by atoms with Gasteiger partial charge in [-0.15, -0.1) is 0 Å². The quantitative estimate of drug-likeness (QED) is 0.798. The predicted molar refractivity (Wildman–Crippen MR) is 67.8 cm³/mol. The summed E-state index contributed by atoms with van der Waals surface area (Å²) in [5.41, 5.74) is 1.08. The molecule has 0 aromatic heterocycles. The Hall–Kier alpha value is -1.22. The average Bonchev–Trinajstić information content (AvgIpc) is 2.28. The number of hydrogen-bond acceptors (Lipinski definition) is 2. The zero-order valence-electron chi connectivity index (χ0n) is 10.9. The first-order chi connectivity index (χ1) is 7.97. The molecule has 94 valence electrons. The molecular weight excluding hydrogens is 217 g/mol. The fraction of sp³-hybridized carbons (Fsp3) is 0.500. The van der Waals surface area contributed by atoms with E-state index in [1.54, 1.807) is 19.1 Å². The highest BCUT2D eigenvalue weighted by Gasteiger charge is 2.22. The van der Waals surface area contributed by atoms with Crippen molar-refractivity contribution in [2.24, 2.45) is 5.92 Å². The number of benzene rings is 1. The van der Waals surface area contributed by atoms with Gasteiger partial charge in [-0.05, 0) is 43.1 Å². The van der Waals surface area contributed by atoms with Gasteiger partial charge in [-0.1, -0.05) is 20.8 Å². The molecule has 0 amide bonds. The van der Waals surface area contributed by atoms with Crippen LogP contribution in [0.15, 0.2) is 18.2 Å². The van der Waals surface area contributed by atoms with Crippen molar-refractivity contribution >= 4 is 5.78 Å². The van der Waals surface area contributed by atoms with Gasteiger partial charge in [0.2, 0.25) is 0 Å². The zero-order valence-corrected chi connectivity index (χ0v) is 10.9. The lowest BCUT2D eigenvalue weighted by molar-refractivity contribution is 0.0918. The Balaban J connectivity index is 2.97. The van der Waals surface area contributed by atoms with E-state index in [2.05, 4.69) is 5.32 Å². The monoisotopic (exact) mass is 237 g/mol. The summed E-state index contributed by atoms with van der Waals surface area (Å²) in [6.45, 7) is 8.39. The fourth-order valence-corrected chi connectivity index (χ4v) is 1.83. The SMILES string of the molecule is CCNC(C(=O)c1ccc(F)c(C)c1)C(C)C. The first kappa shape index (κ1) is 13.8. The van der Waals surface area contributed by atoms with Gasteiger partial charge in [0.05, 0.1) is 6.04 Å². The van der Waals surface area contributed by atoms with Crippen LogP contribution in [0.5, 0.6) is 0 Å². The van der Waals surface area contributed by atoms with E-state index in [9.17, 15) is 9.18 Å². The molecule has 1 aromatic carbocycles. The molecular formula is C14H20FNO. The van der Waals surface area contributed by atoms with Gasteiger partial charge in [0.1, 0.15) is 5.82 Å². The van der Waals surface area contributed by atoms with Gasteiger partial charge >= 0.3 is 0 Å². The second-order valence-electron chi connectivity index (χ2n) is 4.61. The molecule has 2 nitrogen and oxygen atoms in total. The summed E-state index contributed by atoms with van der Waals surface area (Å²) in [4.78, 5) is 12.3. The van der Waals surface area contributed by atoms with E-state index in [-0.39, 0.29) is 23.6 Å². The number of Topliss-reactive ketones (excluding diaryl/α,β-unsaturated/α-hetero) is 1. The molecule has 1 N–H and O–H groups in total. The Bertz CT molecular complexity index is 401. The van der Waals surface area contributed by atoms with E-state index in [1.165, 1.54) is 6.07 Å². The first-order valence-corrected chi connectivity index (χ1v) is 6.01. The lowest BCUT2D eigenvalue weighted by Crippen LogP contribution is -2.40. The van der Waals surface area contributed by atoms with Crippen molar-refractivity contribution in [2.45, 2.75) is 33.7 Å². The average molecular weight is 237 g/mol. The molecule has 0 heterocycles. The van der Waals surface area contributed by atoms with Gasteiger partial charge in [-0.25, -0.2) is 4.39 Å². The molecule has 0 aliphatic rings. The van der Waals surface area contributed by atoms with E-state index in [0.29, 0.717) is 11.1 Å². The van der Waals surface area contributed by atoms with Crippen LogP contribution in [-0.4, -0.2) is 18.4 Å². The Morgan fingerprint density at radius 1 is 1.41 bits per heavy atom. The Morgan fingerprint density at radius 3 is 2.53 bits per heavy atom. The molecule has 0 aliphatic carbocycles. The normalized spacial score (nSPS) is 12.8. The number of rotatable bonds is 5. The molecule has 1 rings (SSSR count). The summed E-state index contributed by atoms with van der Waals surface area (Å²) in [6, 6.07) is 4.32. The van der Waals surface area contributed by atoms with Crippen molar-refractivity contribution in [1.29, 1.82) is 0 Å². The van der Waals surface area contributed by atoms with E-state index < -0.39 is 0 Å². The van der Waals surface area contributed by atoms with Crippen molar-refractivity contribution in [1.82, 2.24) is 5.32 Å². The minimum absolute atomic E-state index is 0.0324. The number of likely N-dealkylation sites (N-methyl/N-ethyl adjacent to an activating group) is 1. The highest BCUT2D eigenvalue weighted by atomic mass is 19.1. The minimum Gasteiger partial charge on any atom is -0.307 e. The van der Waals surface area contributed by atoms with Crippen LogP contribution < -0.4 is 5.32 Å². The van der Waals surface area contributed by atoms with Crippen LogP contribution in [0.3, 0.4) is 0 Å². The molecule has 0 aliphatic heterocycles. The molecule has 0 saturated carbocycles. The topological polar surface area (TPSA) is 29.1 Å². The van der Waals surface area contributed by atoms with Crippen LogP contribution in [0.25, 0.3) is 0 Å². The van der Waals surface area contributed by atoms with Crippen molar-refractivity contribution < 1.29 is 9.18 Å². The van der Waals surface area contributed by atoms with Gasteiger partial charge in [-0.2, -0.15) is 0 Å². The number of hydrogen-bond donors (Lipinski definition) is 1. The van der Waals surface area contributed by atoms with Crippen LogP contribution in [0.1, 0.15) is 36.7 Å². The summed E-state index contributed by atoms with van der Waals surface area (Å²) in [5.74, 6) is -0.0242. The molecule has 1 aromatic rings. The molecule has 0 bridgehead atoms. The summed E-state index contributed by atoms with van der Waals surface area (Å²) in [7, 11) is 0. The van der Waals surface area contributed by atoms with Gasteiger partial charge < -0.3 is 5.32 Å². The minimum atomic E-state index is -0.272. The number of carbonyl (C=O) groups is 1. The molecule has 3 heteroatoms. The van der Waals surface area contributed by atoms with Crippen molar-refractivity contribution in [3.05, 3.63) is 35.1 Å². The third kappa shape index (κ3) is 3.37. The van der Waals surface area contributed by atoms with E-state index >= 15 is 0 Å². The molecule has 1 atom stereocenters. The third-order valence-corrected chi connectivity index (χ3v) is 2.82. The lowest BCUT2D eigenvalue weighted by atomic mass is 9.94. The summed E-state index contributed by atoms with van der Waals surface area (Å²) < 4.78 is 13.1. The second kappa shape index (κ2) is 5.92. The summed E-state index contributed by atoms with van der Waals surface area (Å²) in [5, 5.41) is 3.17. The predicted octanol–water partition coefficient (Wildman–Crippen LogP) is 2.95. The van der Waals surface area contributed by atoms with Crippen LogP contribution in [-0.2, 0) is 0 Å². The van der Waals surface area contributed by atoms with Crippen molar-refractivity contribution in [3.8, 4) is 0 Å². The van der Waals surface area contributed by atoms with Crippen LogP contribution >= 0.6 is 0 Å². The maximum Gasteiger partial charge on any atom is 0.179 e. The first-order valence-electron chi connectivity index (χ1n) is 6.01. The molecule has 17 heavy (non-hydrogen) atoms. The Morgan fingerprint density at radius 2 is 2.06 bits per heavy atom. The summed E-state index contributed by atoms with van der Waals surface area (Å²) >= 11 is 0. The Kier molecular flexibility index (Phi) is 4.82. The molecule has 0 saturated heterocycles. The number of aryl methyl sites for hydroxylation is 1. The highest BCUT2D eigenvalue weighted by molar-refractivity contribution is 6.00. The number of nitrogens with one attached hydrogen (secondary N) is 1. The van der Waals surface area contributed by atoms with E-state index in [0.717, 1.165) is 6.54 Å². The van der Waals surface area contributed by atoms with Crippen molar-refractivity contribution in [3.63, 3.8) is 0 Å². The van der Waals surface area contributed by atoms with E-state index in [4.69, 9.17) is 0 Å². The standard InChI is InChI=1S/C14H20FNO/c1-5-16-13(9(2)3)14(17)11-6-7-12(15)10(4)8-11/h6-9,13,16H,5H2,1-4H3. The Labute approximate surface area is 102 Å². The number of carbonyl (C=O) groups excluding carboxylic acids is 1.